The Bertz CT molecular complexity index is 4820. The van der Waals surface area contributed by atoms with E-state index < -0.39 is 0 Å². The molecule has 0 saturated heterocycles. The third kappa shape index (κ3) is 6.11. The maximum Gasteiger partial charge on any atom is 0.0991 e. The Kier molecular flexibility index (Phi) is 9.12. The topological polar surface area (TPSA) is 105 Å². The molecule has 0 N–H and O–H groups in total. The van der Waals surface area contributed by atoms with Gasteiger partial charge in [-0.05, 0) is 196 Å². The molecule has 0 spiro atoms. The molecule has 0 amide bonds. The van der Waals surface area contributed by atoms with Crippen LogP contribution in [0.25, 0.3) is 142 Å². The molecule has 2 aromatic heterocycles. The van der Waals surface area contributed by atoms with Crippen molar-refractivity contribution >= 4 is 108 Å². The minimum absolute atomic E-state index is 0.552. The van der Waals surface area contributed by atoms with Crippen LogP contribution in [0.4, 0.5) is 0 Å². The fourth-order valence-electron chi connectivity index (χ4n) is 12.5. The van der Waals surface area contributed by atoms with Crippen LogP contribution in [0.15, 0.2) is 218 Å². The lowest BCUT2D eigenvalue weighted by molar-refractivity contribution is 1.18. The van der Waals surface area contributed by atoms with Crippen molar-refractivity contribution in [3.8, 4) is 57.9 Å². The summed E-state index contributed by atoms with van der Waals surface area (Å²) in [6, 6.07) is 85.8. The second-order valence-corrected chi connectivity index (χ2v) is 19.6. The van der Waals surface area contributed by atoms with Gasteiger partial charge in [0.05, 0.1) is 68.6 Å². The van der Waals surface area contributed by atoms with Crippen molar-refractivity contribution in [2.24, 2.45) is 0 Å². The van der Waals surface area contributed by atoms with Gasteiger partial charge in [0.25, 0.3) is 0 Å². The van der Waals surface area contributed by atoms with Gasteiger partial charge in [0.1, 0.15) is 0 Å². The fraction of sp³-hybridized carbons (Fsp3) is 0. The standard InChI is InChI=1S/C70H36N6/c71-37-41-17-25-65-57(29-41)58-30-42(38-72)18-26-66(58)75(65)47-22-24-56-63(35-47)69(61-33-45-9-1-3-11-49(45)51-13-5-7-15-53(51)61)55-23-21-48(76-67-27-19-43(39-73)31-59(67)60-32-44(40-74)20-28-68(60)76)36-64(55)70(56)62-34-46-10-2-4-12-50(46)52-14-6-8-16-54(52)62/h1-36H. The van der Waals surface area contributed by atoms with Crippen LogP contribution in [0.1, 0.15) is 22.3 Å². The molecule has 13 aromatic carbocycles. The lowest BCUT2D eigenvalue weighted by atomic mass is 9.82. The minimum atomic E-state index is 0.552. The minimum Gasteiger partial charge on any atom is -0.309 e. The summed E-state index contributed by atoms with van der Waals surface area (Å²) in [6.45, 7) is 0. The molecule has 76 heavy (non-hydrogen) atoms. The van der Waals surface area contributed by atoms with Crippen molar-refractivity contribution < 1.29 is 0 Å². The van der Waals surface area contributed by atoms with Crippen molar-refractivity contribution in [3.63, 3.8) is 0 Å². The Labute approximate surface area is 434 Å². The number of hydrogen-bond donors (Lipinski definition) is 0. The quantitative estimate of drug-likeness (QED) is 0.129. The molecule has 15 rings (SSSR count). The van der Waals surface area contributed by atoms with E-state index >= 15 is 0 Å². The van der Waals surface area contributed by atoms with Crippen LogP contribution >= 0.6 is 0 Å². The molecule has 346 valence electrons. The number of aromatic nitrogens is 2. The summed E-state index contributed by atoms with van der Waals surface area (Å²) in [5.41, 5.74) is 12.2. The average molecular weight is 961 g/mol. The number of rotatable bonds is 4. The summed E-state index contributed by atoms with van der Waals surface area (Å²) in [5.74, 6) is 0. The number of fused-ring (bicyclic) bond motifs is 14. The van der Waals surface area contributed by atoms with Gasteiger partial charge < -0.3 is 9.13 Å². The van der Waals surface area contributed by atoms with Gasteiger partial charge in [-0.2, -0.15) is 21.0 Å². The first-order valence-electron chi connectivity index (χ1n) is 25.1. The predicted octanol–water partition coefficient (Wildman–Crippen LogP) is 17.6. The van der Waals surface area contributed by atoms with Crippen molar-refractivity contribution in [1.29, 1.82) is 21.0 Å². The summed E-state index contributed by atoms with van der Waals surface area (Å²) in [4.78, 5) is 0. The first kappa shape index (κ1) is 42.6. The zero-order chi connectivity index (χ0) is 50.8. The van der Waals surface area contributed by atoms with Crippen LogP contribution in [0.2, 0.25) is 0 Å². The second kappa shape index (κ2) is 16.2. The summed E-state index contributed by atoms with van der Waals surface area (Å²) >= 11 is 0. The highest BCUT2D eigenvalue weighted by Crippen LogP contribution is 2.50. The van der Waals surface area contributed by atoms with E-state index in [0.717, 1.165) is 131 Å². The first-order chi connectivity index (χ1) is 37.5. The van der Waals surface area contributed by atoms with Gasteiger partial charge in [-0.1, -0.05) is 109 Å². The molecule has 0 radical (unpaired) electrons. The highest BCUT2D eigenvalue weighted by atomic mass is 15.0. The van der Waals surface area contributed by atoms with E-state index in [1.54, 1.807) is 0 Å². The highest BCUT2D eigenvalue weighted by Gasteiger charge is 2.25. The average Bonchev–Trinajstić information content (AvgIpc) is 3.99. The summed E-state index contributed by atoms with van der Waals surface area (Å²) < 4.78 is 4.54. The molecule has 0 saturated carbocycles. The van der Waals surface area contributed by atoms with Crippen LogP contribution in [0.5, 0.6) is 0 Å². The van der Waals surface area contributed by atoms with E-state index in [2.05, 4.69) is 179 Å². The monoisotopic (exact) mass is 960 g/mol. The van der Waals surface area contributed by atoms with Gasteiger partial charge in [-0.3, -0.25) is 0 Å². The Morgan fingerprint density at radius 3 is 0.895 bits per heavy atom. The maximum atomic E-state index is 10.1. The van der Waals surface area contributed by atoms with Gasteiger partial charge in [0, 0.05) is 32.9 Å². The van der Waals surface area contributed by atoms with Crippen LogP contribution in [0, 0.1) is 45.3 Å². The van der Waals surface area contributed by atoms with E-state index in [4.69, 9.17) is 0 Å². The summed E-state index contributed by atoms with van der Waals surface area (Å²) in [7, 11) is 0. The predicted molar refractivity (Wildman–Crippen MR) is 310 cm³/mol. The first-order valence-corrected chi connectivity index (χ1v) is 25.1. The molecule has 6 heteroatoms. The smallest absolute Gasteiger partial charge is 0.0991 e. The normalized spacial score (nSPS) is 11.6. The Balaban J connectivity index is 1.15. The summed E-state index contributed by atoms with van der Waals surface area (Å²) in [6.07, 6.45) is 0. The molecule has 2 heterocycles. The van der Waals surface area contributed by atoms with Gasteiger partial charge in [-0.15, -0.1) is 0 Å². The highest BCUT2D eigenvalue weighted by molar-refractivity contribution is 6.29. The van der Waals surface area contributed by atoms with Crippen LogP contribution < -0.4 is 0 Å². The molecule has 0 aliphatic carbocycles. The Morgan fingerprint density at radius 2 is 0.553 bits per heavy atom. The molecule has 0 atom stereocenters. The van der Waals surface area contributed by atoms with Crippen LogP contribution in [-0.4, -0.2) is 9.13 Å². The molecule has 6 nitrogen and oxygen atoms in total. The van der Waals surface area contributed by atoms with E-state index in [1.165, 1.54) is 10.8 Å². The lowest BCUT2D eigenvalue weighted by Crippen LogP contribution is -1.99. The molecule has 0 unspecified atom stereocenters. The zero-order valence-electron chi connectivity index (χ0n) is 40.5. The molecule has 0 fully saturated rings. The van der Waals surface area contributed by atoms with Crippen LogP contribution in [-0.2, 0) is 0 Å². The van der Waals surface area contributed by atoms with Gasteiger partial charge in [0.15, 0.2) is 0 Å². The zero-order valence-corrected chi connectivity index (χ0v) is 40.5. The van der Waals surface area contributed by atoms with Crippen molar-refractivity contribution in [3.05, 3.63) is 241 Å². The molecular weight excluding hydrogens is 925 g/mol. The van der Waals surface area contributed by atoms with Crippen molar-refractivity contribution in [2.45, 2.75) is 0 Å². The lowest BCUT2D eigenvalue weighted by Gasteiger charge is -2.23. The molecule has 0 aliphatic heterocycles. The van der Waals surface area contributed by atoms with Gasteiger partial charge >= 0.3 is 0 Å². The van der Waals surface area contributed by atoms with Crippen molar-refractivity contribution in [2.75, 3.05) is 0 Å². The summed E-state index contributed by atoms with van der Waals surface area (Å²) in [5, 5.41) is 57.5. The van der Waals surface area contributed by atoms with E-state index in [-0.39, 0.29) is 0 Å². The van der Waals surface area contributed by atoms with E-state index in [9.17, 15) is 21.0 Å². The maximum absolute atomic E-state index is 10.1. The number of nitriles is 4. The number of hydrogen-bond acceptors (Lipinski definition) is 4. The Morgan fingerprint density at radius 1 is 0.237 bits per heavy atom. The fourth-order valence-corrected chi connectivity index (χ4v) is 12.5. The second-order valence-electron chi connectivity index (χ2n) is 19.6. The van der Waals surface area contributed by atoms with Gasteiger partial charge in [0.2, 0.25) is 0 Å². The molecule has 0 aliphatic rings. The molecule has 0 bridgehead atoms. The van der Waals surface area contributed by atoms with E-state index in [1.807, 2.05) is 72.8 Å². The molecular formula is C70H36N6. The largest absolute Gasteiger partial charge is 0.309 e. The Hall–Kier alpha value is -11.0. The van der Waals surface area contributed by atoms with E-state index in [0.29, 0.717) is 22.3 Å². The van der Waals surface area contributed by atoms with Crippen LogP contribution in [0.3, 0.4) is 0 Å². The third-order valence-corrected chi connectivity index (χ3v) is 15.7. The SMILES string of the molecule is N#Cc1ccc2c(c1)c1cc(C#N)ccc1n2-c1ccc2c(-c3cc4ccccc4c4ccccc34)c3cc(-n4c5ccc(C#N)cc5c5cc(C#N)ccc54)ccc3c(-c3cc4ccccc4c4ccccc34)c2c1. The van der Waals surface area contributed by atoms with Crippen molar-refractivity contribution in [1.82, 2.24) is 9.13 Å². The van der Waals surface area contributed by atoms with Gasteiger partial charge in [-0.25, -0.2) is 0 Å². The number of nitrogens with zero attached hydrogens (tertiary/aromatic N) is 6. The molecule has 15 aromatic rings. The third-order valence-electron chi connectivity index (χ3n) is 15.7. The number of benzene rings is 13.